The van der Waals surface area contributed by atoms with Gasteiger partial charge in [0.05, 0.1) is 12.1 Å². The second-order valence-corrected chi connectivity index (χ2v) is 4.31. The Balaban J connectivity index is 2.04. The van der Waals surface area contributed by atoms with Crippen molar-refractivity contribution >= 4 is 23.2 Å². The van der Waals surface area contributed by atoms with Gasteiger partial charge < -0.3 is 10.4 Å². The molecule has 6 heteroatoms. The van der Waals surface area contributed by atoms with E-state index in [1.165, 1.54) is 11.3 Å². The fraction of sp³-hybridized carbons (Fsp3) is 0.444. The molecule has 1 aliphatic rings. The van der Waals surface area contributed by atoms with Crippen molar-refractivity contribution in [2.75, 3.05) is 6.54 Å². The molecular weight excluding hydrogens is 216 g/mol. The van der Waals surface area contributed by atoms with Crippen LogP contribution in [0.2, 0.25) is 0 Å². The van der Waals surface area contributed by atoms with E-state index in [0.29, 0.717) is 11.6 Å². The zero-order valence-corrected chi connectivity index (χ0v) is 8.71. The normalized spacial score (nSPS) is 14.9. The van der Waals surface area contributed by atoms with Gasteiger partial charge in [-0.2, -0.15) is 0 Å². The minimum absolute atomic E-state index is 0.196. The molecule has 1 heterocycles. The molecule has 1 fully saturated rings. The van der Waals surface area contributed by atoms with Gasteiger partial charge in [0.2, 0.25) is 5.78 Å². The van der Waals surface area contributed by atoms with E-state index >= 15 is 0 Å². The molecule has 2 rings (SSSR count). The first kappa shape index (κ1) is 10.1. The van der Waals surface area contributed by atoms with Crippen molar-refractivity contribution in [1.29, 1.82) is 0 Å². The van der Waals surface area contributed by atoms with Crippen LogP contribution in [-0.2, 0) is 0 Å². The highest BCUT2D eigenvalue weighted by Gasteiger charge is 2.30. The number of Topliss-reactive ketones (excluding diaryl/α,β-unsaturated/α-hetero) is 1. The highest BCUT2D eigenvalue weighted by atomic mass is 32.1. The zero-order chi connectivity index (χ0) is 10.8. The molecule has 2 N–H and O–H groups in total. The number of aromatic nitrogens is 1. The van der Waals surface area contributed by atoms with E-state index in [2.05, 4.69) is 10.3 Å². The summed E-state index contributed by atoms with van der Waals surface area (Å²) in [4.78, 5) is 26.8. The van der Waals surface area contributed by atoms with Gasteiger partial charge in [-0.25, -0.2) is 9.78 Å². The Morgan fingerprint density at radius 2 is 2.33 bits per heavy atom. The summed E-state index contributed by atoms with van der Waals surface area (Å²) in [6.45, 7) is -0.196. The Morgan fingerprint density at radius 3 is 2.93 bits per heavy atom. The number of nitrogens with one attached hydrogen (secondary N) is 1. The number of hydrogen-bond acceptors (Lipinski definition) is 4. The highest BCUT2D eigenvalue weighted by Crippen LogP contribution is 2.43. The molecule has 0 unspecified atom stereocenters. The van der Waals surface area contributed by atoms with Crippen LogP contribution in [0.15, 0.2) is 5.51 Å². The molecule has 1 aliphatic carbocycles. The third kappa shape index (κ3) is 2.33. The van der Waals surface area contributed by atoms with Gasteiger partial charge in [-0.3, -0.25) is 4.79 Å². The molecule has 0 saturated heterocycles. The Hall–Kier alpha value is -1.43. The van der Waals surface area contributed by atoms with Crippen LogP contribution < -0.4 is 5.32 Å². The summed E-state index contributed by atoms with van der Waals surface area (Å²) in [5, 5.41) is 10.4. The lowest BCUT2D eigenvalue weighted by atomic mass is 10.2. The van der Waals surface area contributed by atoms with Crippen molar-refractivity contribution < 1.29 is 14.7 Å². The number of ketones is 1. The predicted octanol–water partition coefficient (Wildman–Crippen LogP) is 1.47. The van der Waals surface area contributed by atoms with E-state index in [9.17, 15) is 9.59 Å². The molecule has 1 amide bonds. The van der Waals surface area contributed by atoms with Crippen LogP contribution in [0.5, 0.6) is 0 Å². The minimum atomic E-state index is -1.19. The van der Waals surface area contributed by atoms with Gasteiger partial charge >= 0.3 is 6.09 Å². The lowest BCUT2D eigenvalue weighted by Gasteiger charge is -2.00. The van der Waals surface area contributed by atoms with Gasteiger partial charge in [-0.1, -0.05) is 0 Å². The molecule has 0 atom stereocenters. The molecule has 5 nitrogen and oxygen atoms in total. The first-order valence-corrected chi connectivity index (χ1v) is 5.50. The summed E-state index contributed by atoms with van der Waals surface area (Å²) >= 11 is 1.48. The van der Waals surface area contributed by atoms with Crippen LogP contribution in [0.3, 0.4) is 0 Å². The van der Waals surface area contributed by atoms with Crippen LogP contribution in [0.4, 0.5) is 4.79 Å². The van der Waals surface area contributed by atoms with E-state index in [1.807, 2.05) is 0 Å². The quantitative estimate of drug-likeness (QED) is 0.762. The maximum absolute atomic E-state index is 11.6. The van der Waals surface area contributed by atoms with Crippen LogP contribution in [-0.4, -0.2) is 28.5 Å². The number of amides is 1. The summed E-state index contributed by atoms with van der Waals surface area (Å²) in [7, 11) is 0. The van der Waals surface area contributed by atoms with Crippen molar-refractivity contribution in [2.24, 2.45) is 0 Å². The van der Waals surface area contributed by atoms with Crippen molar-refractivity contribution in [2.45, 2.75) is 18.8 Å². The molecule has 1 aromatic heterocycles. The van der Waals surface area contributed by atoms with E-state index in [0.717, 1.165) is 17.7 Å². The Kier molecular flexibility index (Phi) is 2.68. The molecule has 80 valence electrons. The van der Waals surface area contributed by atoms with Crippen LogP contribution in [0.1, 0.15) is 34.1 Å². The van der Waals surface area contributed by atoms with E-state index in [1.54, 1.807) is 5.51 Å². The van der Waals surface area contributed by atoms with Crippen molar-refractivity contribution in [3.05, 3.63) is 16.1 Å². The third-order valence-corrected chi connectivity index (χ3v) is 3.20. The number of carbonyl (C=O) groups excluding carboxylic acids is 1. The first-order valence-electron chi connectivity index (χ1n) is 4.62. The number of rotatable bonds is 4. The lowest BCUT2D eigenvalue weighted by molar-refractivity contribution is 0.0982. The van der Waals surface area contributed by atoms with Gasteiger partial charge in [0, 0.05) is 4.88 Å². The van der Waals surface area contributed by atoms with Crippen molar-refractivity contribution in [3.63, 3.8) is 0 Å². The van der Waals surface area contributed by atoms with Crippen molar-refractivity contribution in [1.82, 2.24) is 10.3 Å². The van der Waals surface area contributed by atoms with E-state index < -0.39 is 6.09 Å². The molecule has 1 saturated carbocycles. The second kappa shape index (κ2) is 3.98. The third-order valence-electron chi connectivity index (χ3n) is 2.21. The molecule has 15 heavy (non-hydrogen) atoms. The summed E-state index contributed by atoms with van der Waals surface area (Å²) in [5.74, 6) is 0.224. The SMILES string of the molecule is O=C(O)NCC(=O)c1ncsc1C1CC1. The molecule has 0 aromatic carbocycles. The largest absolute Gasteiger partial charge is 0.465 e. The number of thiazole rings is 1. The average molecular weight is 226 g/mol. The standard InChI is InChI=1S/C9H10N2O3S/c12-6(3-10-9(13)14)7-8(5-1-2-5)15-4-11-7/h4-5,10H,1-3H2,(H,13,14). The fourth-order valence-corrected chi connectivity index (χ4v) is 2.32. The number of nitrogens with zero attached hydrogens (tertiary/aromatic N) is 1. The van der Waals surface area contributed by atoms with E-state index in [4.69, 9.17) is 5.11 Å². The van der Waals surface area contributed by atoms with Crippen LogP contribution in [0.25, 0.3) is 0 Å². The number of carboxylic acid groups (broad SMARTS) is 1. The summed E-state index contributed by atoms with van der Waals surface area (Å²) in [5.41, 5.74) is 2.08. The number of carbonyl (C=O) groups is 2. The van der Waals surface area contributed by atoms with Gasteiger partial charge in [0.25, 0.3) is 0 Å². The monoisotopic (exact) mass is 226 g/mol. The molecule has 0 spiro atoms. The second-order valence-electron chi connectivity index (χ2n) is 3.42. The van der Waals surface area contributed by atoms with E-state index in [-0.39, 0.29) is 12.3 Å². The fourth-order valence-electron chi connectivity index (χ4n) is 1.34. The summed E-state index contributed by atoms with van der Waals surface area (Å²) < 4.78 is 0. The molecule has 0 radical (unpaired) electrons. The molecule has 1 aromatic rings. The van der Waals surface area contributed by atoms with Gasteiger partial charge in [0.1, 0.15) is 5.69 Å². The lowest BCUT2D eigenvalue weighted by Crippen LogP contribution is -2.28. The first-order chi connectivity index (χ1) is 7.18. The van der Waals surface area contributed by atoms with Crippen molar-refractivity contribution in [3.8, 4) is 0 Å². The zero-order valence-electron chi connectivity index (χ0n) is 7.90. The van der Waals surface area contributed by atoms with Gasteiger partial charge in [-0.05, 0) is 18.8 Å². The highest BCUT2D eigenvalue weighted by molar-refractivity contribution is 7.10. The number of hydrogen-bond donors (Lipinski definition) is 2. The predicted molar refractivity (Wildman–Crippen MR) is 54.4 cm³/mol. The minimum Gasteiger partial charge on any atom is -0.465 e. The molecular formula is C9H10N2O3S. The average Bonchev–Trinajstić information content (AvgIpc) is 2.93. The molecule has 0 bridgehead atoms. The van der Waals surface area contributed by atoms with Gasteiger partial charge in [-0.15, -0.1) is 11.3 Å². The molecule has 0 aliphatic heterocycles. The van der Waals surface area contributed by atoms with Crippen LogP contribution >= 0.6 is 11.3 Å². The summed E-state index contributed by atoms with van der Waals surface area (Å²) in [6, 6.07) is 0. The maximum atomic E-state index is 11.6. The van der Waals surface area contributed by atoms with Crippen LogP contribution in [0, 0.1) is 0 Å². The topological polar surface area (TPSA) is 79.3 Å². The maximum Gasteiger partial charge on any atom is 0.405 e. The van der Waals surface area contributed by atoms with Gasteiger partial charge in [0.15, 0.2) is 0 Å². The Bertz CT molecular complexity index is 398. The Morgan fingerprint density at radius 1 is 1.60 bits per heavy atom. The Labute approximate surface area is 90.1 Å². The smallest absolute Gasteiger partial charge is 0.405 e. The summed E-state index contributed by atoms with van der Waals surface area (Å²) in [6.07, 6.45) is 1.02.